The second kappa shape index (κ2) is 11.3. The van der Waals surface area contributed by atoms with E-state index in [0.717, 1.165) is 31.7 Å². The van der Waals surface area contributed by atoms with Gasteiger partial charge in [-0.1, -0.05) is 26.7 Å². The van der Waals surface area contributed by atoms with Crippen LogP contribution in [0.5, 0.6) is 5.88 Å². The van der Waals surface area contributed by atoms with Crippen LogP contribution in [0, 0.1) is 5.82 Å². The van der Waals surface area contributed by atoms with Gasteiger partial charge in [0, 0.05) is 30.0 Å². The molecule has 0 aliphatic rings. The summed E-state index contributed by atoms with van der Waals surface area (Å²) in [7, 11) is 0. The second-order valence-electron chi connectivity index (χ2n) is 7.19. The molecule has 2 aromatic heterocycles. The lowest BCUT2D eigenvalue weighted by Crippen LogP contribution is -2.38. The van der Waals surface area contributed by atoms with Crippen molar-refractivity contribution in [1.29, 1.82) is 0 Å². The Labute approximate surface area is 176 Å². The molecular formula is C21H31FN6O2. The molecule has 8 nitrogen and oxygen atoms in total. The lowest BCUT2D eigenvalue weighted by atomic mass is 10.0. The first-order chi connectivity index (χ1) is 14.3. The molecule has 0 saturated heterocycles. The van der Waals surface area contributed by atoms with Crippen LogP contribution in [0.15, 0.2) is 24.4 Å². The molecule has 0 bridgehead atoms. The van der Waals surface area contributed by atoms with E-state index >= 15 is 0 Å². The number of hydrogen-bond donors (Lipinski definition) is 4. The molecule has 9 heteroatoms. The molecule has 0 aliphatic carbocycles. The fourth-order valence-electron chi connectivity index (χ4n) is 2.85. The first-order valence-electron chi connectivity index (χ1n) is 10.2. The van der Waals surface area contributed by atoms with Crippen LogP contribution in [0.3, 0.4) is 0 Å². The molecule has 2 heterocycles. The summed E-state index contributed by atoms with van der Waals surface area (Å²) in [6, 6.07) is 4.07. The van der Waals surface area contributed by atoms with Crippen molar-refractivity contribution < 1.29 is 13.9 Å². The van der Waals surface area contributed by atoms with Gasteiger partial charge in [-0.2, -0.15) is 0 Å². The number of nitrogens with one attached hydrogen (secondary N) is 2. The molecule has 0 aromatic carbocycles. The highest BCUT2D eigenvalue weighted by Crippen LogP contribution is 2.26. The van der Waals surface area contributed by atoms with Crippen molar-refractivity contribution in [2.75, 3.05) is 17.2 Å². The van der Waals surface area contributed by atoms with Crippen LogP contribution in [-0.4, -0.2) is 34.6 Å². The predicted molar refractivity (Wildman–Crippen MR) is 117 cm³/mol. The van der Waals surface area contributed by atoms with Crippen molar-refractivity contribution in [2.24, 2.45) is 11.5 Å². The van der Waals surface area contributed by atoms with Gasteiger partial charge >= 0.3 is 0 Å². The Bertz CT molecular complexity index is 846. The average Bonchev–Trinajstić information content (AvgIpc) is 2.71. The van der Waals surface area contributed by atoms with Crippen LogP contribution in [-0.2, 0) is 0 Å². The Hall–Kier alpha value is -2.94. The molecule has 0 saturated carbocycles. The van der Waals surface area contributed by atoms with Crippen LogP contribution in [0.25, 0.3) is 0 Å². The number of aromatic nitrogens is 2. The summed E-state index contributed by atoms with van der Waals surface area (Å²) in [4.78, 5) is 20.3. The normalized spacial score (nSPS) is 12.8. The maximum Gasteiger partial charge on any atom is 0.252 e. The summed E-state index contributed by atoms with van der Waals surface area (Å²) < 4.78 is 20.2. The number of anilines is 3. The van der Waals surface area contributed by atoms with Gasteiger partial charge in [-0.3, -0.25) is 4.79 Å². The van der Waals surface area contributed by atoms with Gasteiger partial charge in [0.2, 0.25) is 5.88 Å². The highest BCUT2D eigenvalue weighted by molar-refractivity contribution is 5.98. The van der Waals surface area contributed by atoms with Crippen molar-refractivity contribution in [3.8, 4) is 5.88 Å². The van der Waals surface area contributed by atoms with Gasteiger partial charge in [-0.15, -0.1) is 0 Å². The fraction of sp³-hybridized carbons (Fsp3) is 0.476. The van der Waals surface area contributed by atoms with E-state index in [1.165, 1.54) is 0 Å². The third-order valence-electron chi connectivity index (χ3n) is 4.52. The molecule has 0 unspecified atom stereocenters. The number of amides is 1. The summed E-state index contributed by atoms with van der Waals surface area (Å²) in [5.41, 5.74) is 12.0. The molecule has 0 spiro atoms. The molecule has 2 aromatic rings. The van der Waals surface area contributed by atoms with E-state index in [2.05, 4.69) is 27.5 Å². The summed E-state index contributed by atoms with van der Waals surface area (Å²) in [5, 5.41) is 6.09. The smallest absolute Gasteiger partial charge is 0.252 e. The van der Waals surface area contributed by atoms with Crippen LogP contribution in [0.1, 0.15) is 56.8 Å². The number of hydrogen-bond acceptors (Lipinski definition) is 7. The summed E-state index contributed by atoms with van der Waals surface area (Å²) in [6.07, 6.45) is 5.13. The van der Waals surface area contributed by atoms with Crippen molar-refractivity contribution in [1.82, 2.24) is 9.97 Å². The lowest BCUT2D eigenvalue weighted by molar-refractivity contribution is 0.100. The van der Waals surface area contributed by atoms with Crippen LogP contribution in [0.4, 0.5) is 21.7 Å². The minimum absolute atomic E-state index is 0.0115. The number of carbonyl (C=O) groups is 1. The zero-order valence-corrected chi connectivity index (χ0v) is 17.7. The van der Waals surface area contributed by atoms with E-state index in [-0.39, 0.29) is 29.3 Å². The molecule has 0 radical (unpaired) electrons. The SMILES string of the molecule is CCCC[C@@H](Nc1nc(Nc2ccnc(OCCC)c2)c(C(N)=O)cc1F)[C@H](C)N. The maximum atomic E-state index is 14.6. The number of ether oxygens (including phenoxy) is 1. The second-order valence-corrected chi connectivity index (χ2v) is 7.19. The van der Waals surface area contributed by atoms with Gasteiger partial charge in [0.05, 0.1) is 12.2 Å². The van der Waals surface area contributed by atoms with E-state index < -0.39 is 11.7 Å². The minimum atomic E-state index is -0.790. The van der Waals surface area contributed by atoms with E-state index in [0.29, 0.717) is 18.2 Å². The number of pyridine rings is 2. The highest BCUT2D eigenvalue weighted by Gasteiger charge is 2.20. The van der Waals surface area contributed by atoms with Crippen molar-refractivity contribution in [3.63, 3.8) is 0 Å². The van der Waals surface area contributed by atoms with Gasteiger partial charge in [-0.05, 0) is 31.9 Å². The number of nitrogens with zero attached hydrogens (tertiary/aromatic N) is 2. The predicted octanol–water partition coefficient (Wildman–Crippen LogP) is 3.56. The summed E-state index contributed by atoms with van der Waals surface area (Å²) in [5.74, 6) is -0.880. The number of nitrogens with two attached hydrogens (primary N) is 2. The van der Waals surface area contributed by atoms with Crippen molar-refractivity contribution in [3.05, 3.63) is 35.8 Å². The molecular weight excluding hydrogens is 387 g/mol. The molecule has 164 valence electrons. The summed E-state index contributed by atoms with van der Waals surface area (Å²) >= 11 is 0. The van der Waals surface area contributed by atoms with Gasteiger partial charge in [0.25, 0.3) is 5.91 Å². The Morgan fingerprint density at radius 2 is 2.03 bits per heavy atom. The number of primary amides is 1. The monoisotopic (exact) mass is 418 g/mol. The Morgan fingerprint density at radius 3 is 2.67 bits per heavy atom. The van der Waals surface area contributed by atoms with Gasteiger partial charge < -0.3 is 26.8 Å². The maximum absolute atomic E-state index is 14.6. The van der Waals surface area contributed by atoms with Crippen LogP contribution >= 0.6 is 0 Å². The Kier molecular flexibility index (Phi) is 8.79. The third-order valence-corrected chi connectivity index (χ3v) is 4.52. The van der Waals surface area contributed by atoms with Crippen LogP contribution < -0.4 is 26.8 Å². The van der Waals surface area contributed by atoms with E-state index in [4.69, 9.17) is 16.2 Å². The molecule has 1 amide bonds. The van der Waals surface area contributed by atoms with E-state index in [1.807, 2.05) is 13.8 Å². The highest BCUT2D eigenvalue weighted by atomic mass is 19.1. The third kappa shape index (κ3) is 6.55. The van der Waals surface area contributed by atoms with Gasteiger partial charge in [0.1, 0.15) is 5.82 Å². The first-order valence-corrected chi connectivity index (χ1v) is 10.2. The first kappa shape index (κ1) is 23.3. The van der Waals surface area contributed by atoms with E-state index in [1.54, 1.807) is 18.3 Å². The van der Waals surface area contributed by atoms with Crippen LogP contribution in [0.2, 0.25) is 0 Å². The van der Waals surface area contributed by atoms with Gasteiger partial charge in [-0.25, -0.2) is 14.4 Å². The number of halogens is 1. The zero-order valence-electron chi connectivity index (χ0n) is 17.7. The van der Waals surface area contributed by atoms with Crippen molar-refractivity contribution >= 4 is 23.2 Å². The quantitative estimate of drug-likeness (QED) is 0.415. The number of unbranched alkanes of at least 4 members (excludes halogenated alkanes) is 1. The number of carbonyl (C=O) groups excluding carboxylic acids is 1. The molecule has 2 atom stereocenters. The standard InChI is InChI=1S/C21H31FN6O2/c1-4-6-7-17(13(3)23)27-21-16(22)12-15(19(24)29)20(28-21)26-14-8-9-25-18(11-14)30-10-5-2/h8-9,11-13,17H,4-7,10,23H2,1-3H3,(H2,24,29)(H2,25,26,27,28)/t13-,17+/m0/s1. The molecule has 6 N–H and O–H groups in total. The molecule has 0 fully saturated rings. The van der Waals surface area contributed by atoms with E-state index in [9.17, 15) is 9.18 Å². The summed E-state index contributed by atoms with van der Waals surface area (Å²) in [6.45, 7) is 6.46. The topological polar surface area (TPSA) is 128 Å². The Morgan fingerprint density at radius 1 is 1.27 bits per heavy atom. The molecule has 30 heavy (non-hydrogen) atoms. The molecule has 2 rings (SSSR count). The molecule has 0 aliphatic heterocycles. The zero-order chi connectivity index (χ0) is 22.1. The minimum Gasteiger partial charge on any atom is -0.478 e. The fourth-order valence-corrected chi connectivity index (χ4v) is 2.85. The Balaban J connectivity index is 2.33. The largest absolute Gasteiger partial charge is 0.478 e. The number of rotatable bonds is 12. The average molecular weight is 419 g/mol. The van der Waals surface area contributed by atoms with Gasteiger partial charge in [0.15, 0.2) is 11.6 Å². The van der Waals surface area contributed by atoms with Crippen molar-refractivity contribution in [2.45, 2.75) is 58.5 Å². The lowest BCUT2D eigenvalue weighted by Gasteiger charge is -2.23.